The molecule has 3 N–H and O–H groups in total. The van der Waals surface area contributed by atoms with Crippen molar-refractivity contribution in [3.8, 4) is 0 Å². The molecule has 1 aliphatic heterocycles. The summed E-state index contributed by atoms with van der Waals surface area (Å²) in [5.74, 6) is 2.03. The molecule has 3 unspecified atom stereocenters. The quantitative estimate of drug-likeness (QED) is 0.616. The molecule has 14 heavy (non-hydrogen) atoms. The average Bonchev–Trinajstić information content (AvgIpc) is 2.50. The summed E-state index contributed by atoms with van der Waals surface area (Å²) in [6, 6.07) is 0.473. The summed E-state index contributed by atoms with van der Waals surface area (Å²) in [7, 11) is 0. The normalized spacial score (nSPS) is 37.4. The number of allylic oxidation sites excluding steroid dienone is 2. The van der Waals surface area contributed by atoms with Crippen LogP contribution >= 0.6 is 0 Å². The minimum atomic E-state index is 0.473. The number of nitrogens with zero attached hydrogens (tertiary/aromatic N) is 1. The van der Waals surface area contributed by atoms with E-state index in [2.05, 4.69) is 30.2 Å². The van der Waals surface area contributed by atoms with Crippen LogP contribution in [0.25, 0.3) is 0 Å². The molecule has 0 fully saturated rings. The van der Waals surface area contributed by atoms with Gasteiger partial charge < -0.3 is 11.1 Å². The van der Waals surface area contributed by atoms with Gasteiger partial charge in [-0.1, -0.05) is 18.6 Å². The minimum Gasteiger partial charge on any atom is -0.370 e. The number of rotatable bonds is 1. The number of nitrogens with two attached hydrogens (primary N) is 1. The number of guanidine groups is 1. The van der Waals surface area contributed by atoms with Gasteiger partial charge in [0.15, 0.2) is 5.96 Å². The Hall–Kier alpha value is -0.990. The summed E-state index contributed by atoms with van der Waals surface area (Å²) >= 11 is 0. The van der Waals surface area contributed by atoms with E-state index in [1.807, 2.05) is 0 Å². The van der Waals surface area contributed by atoms with Crippen LogP contribution in [0.3, 0.4) is 0 Å². The molecule has 0 spiro atoms. The highest BCUT2D eigenvalue weighted by Crippen LogP contribution is 2.30. The van der Waals surface area contributed by atoms with Crippen LogP contribution in [0, 0.1) is 11.8 Å². The molecule has 0 saturated heterocycles. The van der Waals surface area contributed by atoms with Crippen LogP contribution in [0.1, 0.15) is 26.7 Å². The van der Waals surface area contributed by atoms with Gasteiger partial charge in [-0.25, -0.2) is 0 Å². The fraction of sp³-hybridized carbons (Fsp3) is 0.727. The summed E-state index contributed by atoms with van der Waals surface area (Å²) < 4.78 is 0. The number of hydrogen-bond donors (Lipinski definition) is 2. The molecule has 2 aliphatic rings. The van der Waals surface area contributed by atoms with Crippen molar-refractivity contribution in [2.24, 2.45) is 22.6 Å². The highest BCUT2D eigenvalue weighted by Gasteiger charge is 2.28. The lowest BCUT2D eigenvalue weighted by molar-refractivity contribution is 0.334. The Kier molecular flexibility index (Phi) is 2.48. The second-order valence-electron chi connectivity index (χ2n) is 4.67. The molecule has 0 bridgehead atoms. The first-order valence-electron chi connectivity index (χ1n) is 5.39. The van der Waals surface area contributed by atoms with Gasteiger partial charge in [-0.3, -0.25) is 4.99 Å². The molecule has 0 amide bonds. The van der Waals surface area contributed by atoms with Crippen LogP contribution in [0.15, 0.2) is 16.6 Å². The van der Waals surface area contributed by atoms with E-state index < -0.39 is 0 Å². The van der Waals surface area contributed by atoms with Gasteiger partial charge in [-0.05, 0) is 31.6 Å². The monoisotopic (exact) mass is 193 g/mol. The van der Waals surface area contributed by atoms with Gasteiger partial charge in [0.25, 0.3) is 0 Å². The van der Waals surface area contributed by atoms with E-state index in [1.165, 1.54) is 18.4 Å². The third-order valence-electron chi connectivity index (χ3n) is 3.19. The molecule has 0 radical (unpaired) electrons. The van der Waals surface area contributed by atoms with E-state index in [-0.39, 0.29) is 0 Å². The van der Waals surface area contributed by atoms with Gasteiger partial charge in [-0.15, -0.1) is 0 Å². The van der Waals surface area contributed by atoms with E-state index in [4.69, 9.17) is 5.73 Å². The molecule has 3 atom stereocenters. The van der Waals surface area contributed by atoms with Crippen molar-refractivity contribution in [1.82, 2.24) is 5.32 Å². The summed E-state index contributed by atoms with van der Waals surface area (Å²) in [4.78, 5) is 4.21. The second kappa shape index (κ2) is 3.64. The Morgan fingerprint density at radius 2 is 2.36 bits per heavy atom. The highest BCUT2D eigenvalue weighted by molar-refractivity contribution is 5.79. The molecule has 78 valence electrons. The van der Waals surface area contributed by atoms with Gasteiger partial charge in [0, 0.05) is 0 Å². The van der Waals surface area contributed by atoms with Crippen LogP contribution in [0.5, 0.6) is 0 Å². The van der Waals surface area contributed by atoms with Crippen LogP contribution < -0.4 is 11.1 Å². The van der Waals surface area contributed by atoms with E-state index in [1.54, 1.807) is 0 Å². The Balaban J connectivity index is 1.97. The predicted octanol–water partition coefficient (Wildman–Crippen LogP) is 1.27. The zero-order valence-electron chi connectivity index (χ0n) is 8.96. The first-order valence-corrected chi connectivity index (χ1v) is 5.39. The fourth-order valence-electron chi connectivity index (χ4n) is 2.65. The Morgan fingerprint density at radius 1 is 1.57 bits per heavy atom. The predicted molar refractivity (Wildman–Crippen MR) is 59.1 cm³/mol. The van der Waals surface area contributed by atoms with Crippen LogP contribution in [-0.4, -0.2) is 18.5 Å². The maximum absolute atomic E-state index is 5.63. The van der Waals surface area contributed by atoms with Crippen molar-refractivity contribution in [3.63, 3.8) is 0 Å². The number of aliphatic imine (C=N–C) groups is 1. The summed E-state index contributed by atoms with van der Waals surface area (Å²) in [5.41, 5.74) is 7.14. The molecular formula is C11H19N3. The highest BCUT2D eigenvalue weighted by atomic mass is 15.2. The number of nitrogens with one attached hydrogen (secondary N) is 1. The molecule has 1 heterocycles. The van der Waals surface area contributed by atoms with Crippen molar-refractivity contribution in [2.45, 2.75) is 32.7 Å². The first kappa shape index (κ1) is 9.56. The zero-order chi connectivity index (χ0) is 10.1. The molecule has 0 aromatic rings. The molecule has 0 saturated carbocycles. The van der Waals surface area contributed by atoms with Crippen molar-refractivity contribution in [3.05, 3.63) is 11.6 Å². The summed E-state index contributed by atoms with van der Waals surface area (Å²) in [6.45, 7) is 5.37. The third-order valence-corrected chi connectivity index (χ3v) is 3.19. The van der Waals surface area contributed by atoms with Gasteiger partial charge >= 0.3 is 0 Å². The molecule has 3 heteroatoms. The third kappa shape index (κ3) is 1.91. The average molecular weight is 193 g/mol. The molecule has 0 aromatic heterocycles. The van der Waals surface area contributed by atoms with Crippen molar-refractivity contribution in [1.29, 1.82) is 0 Å². The summed E-state index contributed by atoms with van der Waals surface area (Å²) in [6.07, 6.45) is 4.85. The number of hydrogen-bond acceptors (Lipinski definition) is 3. The lowest BCUT2D eigenvalue weighted by Crippen LogP contribution is -2.41. The second-order valence-corrected chi connectivity index (χ2v) is 4.67. The molecule has 0 aromatic carbocycles. The van der Waals surface area contributed by atoms with E-state index in [9.17, 15) is 0 Å². The van der Waals surface area contributed by atoms with E-state index >= 15 is 0 Å². The van der Waals surface area contributed by atoms with Crippen molar-refractivity contribution >= 4 is 5.96 Å². The minimum absolute atomic E-state index is 0.473. The topological polar surface area (TPSA) is 50.4 Å². The standard InChI is InChI=1S/C11H19N3/c1-7-3-8(2)5-9(4-7)10-6-13-11(12)14-10/h3,7,9-10H,4-6H2,1-2H3,(H3,12,13,14). The van der Waals surface area contributed by atoms with Crippen LogP contribution in [0.4, 0.5) is 0 Å². The van der Waals surface area contributed by atoms with Crippen molar-refractivity contribution < 1.29 is 0 Å². The lowest BCUT2D eigenvalue weighted by atomic mass is 9.80. The van der Waals surface area contributed by atoms with Gasteiger partial charge in [-0.2, -0.15) is 0 Å². The van der Waals surface area contributed by atoms with Gasteiger partial charge in [0.05, 0.1) is 12.6 Å². The van der Waals surface area contributed by atoms with Gasteiger partial charge in [0.1, 0.15) is 0 Å². The molecule has 1 aliphatic carbocycles. The molecule has 2 rings (SSSR count). The Labute approximate surface area is 85.5 Å². The lowest BCUT2D eigenvalue weighted by Gasteiger charge is -2.29. The largest absolute Gasteiger partial charge is 0.370 e. The van der Waals surface area contributed by atoms with Crippen LogP contribution in [0.2, 0.25) is 0 Å². The SMILES string of the molecule is CC1=CC(C)CC(C2CN=C(N)N2)C1. The summed E-state index contributed by atoms with van der Waals surface area (Å²) in [5, 5.41) is 3.27. The maximum atomic E-state index is 5.63. The fourth-order valence-corrected chi connectivity index (χ4v) is 2.65. The first-order chi connectivity index (χ1) is 6.65. The Bertz CT molecular complexity index is 280. The van der Waals surface area contributed by atoms with E-state index in [0.717, 1.165) is 6.54 Å². The van der Waals surface area contributed by atoms with E-state index in [0.29, 0.717) is 23.8 Å². The van der Waals surface area contributed by atoms with Gasteiger partial charge in [0.2, 0.25) is 0 Å². The molecular weight excluding hydrogens is 174 g/mol. The van der Waals surface area contributed by atoms with Crippen LogP contribution in [-0.2, 0) is 0 Å². The zero-order valence-corrected chi connectivity index (χ0v) is 8.96. The maximum Gasteiger partial charge on any atom is 0.188 e. The van der Waals surface area contributed by atoms with Crippen molar-refractivity contribution in [2.75, 3.05) is 6.54 Å². The Morgan fingerprint density at radius 3 is 2.93 bits per heavy atom. The smallest absolute Gasteiger partial charge is 0.188 e. The molecule has 3 nitrogen and oxygen atoms in total.